The number of hydrogen-bond donors (Lipinski definition) is 1. The molecule has 2 atom stereocenters. The summed E-state index contributed by atoms with van der Waals surface area (Å²) in [7, 11) is 0. The Hall–Kier alpha value is -0.610. The molecule has 1 amide bonds. The molecule has 0 aromatic rings. The minimum absolute atomic E-state index is 0.144. The number of rotatable bonds is 4. The highest BCUT2D eigenvalue weighted by Gasteiger charge is 2.37. The lowest BCUT2D eigenvalue weighted by Gasteiger charge is -2.30. The number of hydrogen-bond acceptors (Lipinski definition) is 3. The monoisotopic (exact) mass is 253 g/mol. The molecule has 2 heterocycles. The molecular formula is C14H27N3O. The van der Waals surface area contributed by atoms with Crippen molar-refractivity contribution in [2.75, 3.05) is 26.2 Å². The number of nitrogens with zero attached hydrogens (tertiary/aromatic N) is 2. The Morgan fingerprint density at radius 2 is 2.00 bits per heavy atom. The summed E-state index contributed by atoms with van der Waals surface area (Å²) in [5.41, 5.74) is 5.47. The van der Waals surface area contributed by atoms with Crippen molar-refractivity contribution in [1.82, 2.24) is 9.80 Å². The Bertz CT molecular complexity index is 297. The molecule has 2 saturated heterocycles. The van der Waals surface area contributed by atoms with Gasteiger partial charge in [-0.1, -0.05) is 13.3 Å². The molecule has 2 rings (SSSR count). The maximum absolute atomic E-state index is 12.4. The topological polar surface area (TPSA) is 49.6 Å². The van der Waals surface area contributed by atoms with Crippen LogP contribution in [0.4, 0.5) is 0 Å². The van der Waals surface area contributed by atoms with Gasteiger partial charge in [-0.15, -0.1) is 0 Å². The summed E-state index contributed by atoms with van der Waals surface area (Å²) < 4.78 is 0. The molecule has 2 N–H and O–H groups in total. The van der Waals surface area contributed by atoms with Crippen LogP contribution in [0.1, 0.15) is 46.0 Å². The van der Waals surface area contributed by atoms with Crippen molar-refractivity contribution in [1.29, 1.82) is 0 Å². The lowest BCUT2D eigenvalue weighted by atomic mass is 9.96. The van der Waals surface area contributed by atoms with Crippen molar-refractivity contribution in [3.8, 4) is 0 Å². The van der Waals surface area contributed by atoms with Crippen LogP contribution < -0.4 is 5.73 Å². The molecule has 0 bridgehead atoms. The highest BCUT2D eigenvalue weighted by atomic mass is 16.2. The molecule has 18 heavy (non-hydrogen) atoms. The van der Waals surface area contributed by atoms with E-state index in [1.54, 1.807) is 0 Å². The molecular weight excluding hydrogens is 226 g/mol. The van der Waals surface area contributed by atoms with Gasteiger partial charge in [-0.3, -0.25) is 9.69 Å². The van der Waals surface area contributed by atoms with Crippen LogP contribution in [0.3, 0.4) is 0 Å². The number of carbonyl (C=O) groups excluding carboxylic acids is 1. The number of carbonyl (C=O) groups is 1. The Kier molecular flexibility index (Phi) is 4.28. The second-order valence-electron chi connectivity index (χ2n) is 6.10. The first-order valence-electron chi connectivity index (χ1n) is 7.37. The SMILES string of the molecule is CCCC(C)(N)C(=O)N1CCC(N2CCCC2)C1. The minimum Gasteiger partial charge on any atom is -0.339 e. The van der Waals surface area contributed by atoms with Crippen molar-refractivity contribution in [2.24, 2.45) is 5.73 Å². The molecule has 4 heteroatoms. The predicted octanol–water partition coefficient (Wildman–Crippen LogP) is 1.20. The Balaban J connectivity index is 1.89. The highest BCUT2D eigenvalue weighted by Crippen LogP contribution is 2.23. The van der Waals surface area contributed by atoms with Crippen LogP contribution in [0.2, 0.25) is 0 Å². The summed E-state index contributed by atoms with van der Waals surface area (Å²) in [6.07, 6.45) is 5.48. The highest BCUT2D eigenvalue weighted by molar-refractivity contribution is 5.85. The zero-order valence-electron chi connectivity index (χ0n) is 11.8. The van der Waals surface area contributed by atoms with Crippen LogP contribution in [-0.2, 0) is 4.79 Å². The van der Waals surface area contributed by atoms with Crippen LogP contribution in [0.25, 0.3) is 0 Å². The van der Waals surface area contributed by atoms with E-state index < -0.39 is 5.54 Å². The van der Waals surface area contributed by atoms with Gasteiger partial charge in [0, 0.05) is 19.1 Å². The first-order chi connectivity index (χ1) is 8.54. The quantitative estimate of drug-likeness (QED) is 0.819. The fraction of sp³-hybridized carbons (Fsp3) is 0.929. The maximum Gasteiger partial charge on any atom is 0.242 e. The maximum atomic E-state index is 12.4. The molecule has 2 unspecified atom stereocenters. The molecule has 104 valence electrons. The molecule has 0 saturated carbocycles. The fourth-order valence-electron chi connectivity index (χ4n) is 3.32. The molecule has 0 aromatic heterocycles. The van der Waals surface area contributed by atoms with E-state index in [2.05, 4.69) is 11.8 Å². The Morgan fingerprint density at radius 1 is 1.33 bits per heavy atom. The lowest BCUT2D eigenvalue weighted by molar-refractivity contribution is -0.135. The lowest BCUT2D eigenvalue weighted by Crippen LogP contribution is -2.53. The van der Waals surface area contributed by atoms with Crippen LogP contribution in [0.15, 0.2) is 0 Å². The third kappa shape index (κ3) is 2.86. The van der Waals surface area contributed by atoms with E-state index in [9.17, 15) is 4.79 Å². The standard InChI is InChI=1S/C14H27N3O/c1-3-7-14(2,15)13(18)17-10-6-12(11-17)16-8-4-5-9-16/h12H,3-11,15H2,1-2H3. The van der Waals surface area contributed by atoms with Crippen molar-refractivity contribution >= 4 is 5.91 Å². The predicted molar refractivity (Wildman–Crippen MR) is 73.3 cm³/mol. The molecule has 2 aliphatic rings. The zero-order valence-corrected chi connectivity index (χ0v) is 11.8. The molecule has 0 spiro atoms. The molecule has 4 nitrogen and oxygen atoms in total. The van der Waals surface area contributed by atoms with E-state index in [-0.39, 0.29) is 5.91 Å². The van der Waals surface area contributed by atoms with Crippen molar-refractivity contribution in [2.45, 2.75) is 57.5 Å². The molecule has 2 aliphatic heterocycles. The van der Waals surface area contributed by atoms with Crippen LogP contribution in [0.5, 0.6) is 0 Å². The van der Waals surface area contributed by atoms with E-state index in [1.165, 1.54) is 25.9 Å². The fourth-order valence-corrected chi connectivity index (χ4v) is 3.32. The normalized spacial score (nSPS) is 28.6. The average Bonchev–Trinajstić information content (AvgIpc) is 2.98. The second-order valence-corrected chi connectivity index (χ2v) is 6.10. The summed E-state index contributed by atoms with van der Waals surface area (Å²) in [5, 5.41) is 0. The summed E-state index contributed by atoms with van der Waals surface area (Å²) in [6.45, 7) is 8.15. The van der Waals surface area contributed by atoms with E-state index in [1.807, 2.05) is 11.8 Å². The summed E-state index contributed by atoms with van der Waals surface area (Å²) in [4.78, 5) is 16.9. The molecule has 2 fully saturated rings. The van der Waals surface area contributed by atoms with Gasteiger partial charge in [-0.25, -0.2) is 0 Å². The van der Waals surface area contributed by atoms with Gasteiger partial charge >= 0.3 is 0 Å². The second kappa shape index (κ2) is 5.57. The average molecular weight is 253 g/mol. The van der Waals surface area contributed by atoms with Gasteiger partial charge < -0.3 is 10.6 Å². The van der Waals surface area contributed by atoms with E-state index in [4.69, 9.17) is 5.73 Å². The number of amides is 1. The first-order valence-corrected chi connectivity index (χ1v) is 7.37. The third-order valence-corrected chi connectivity index (χ3v) is 4.37. The van der Waals surface area contributed by atoms with E-state index in [0.717, 1.165) is 32.4 Å². The van der Waals surface area contributed by atoms with E-state index >= 15 is 0 Å². The van der Waals surface area contributed by atoms with Crippen LogP contribution in [0, 0.1) is 0 Å². The third-order valence-electron chi connectivity index (χ3n) is 4.37. The molecule has 0 aromatic carbocycles. The van der Waals surface area contributed by atoms with Gasteiger partial charge in [0.2, 0.25) is 5.91 Å². The zero-order chi connectivity index (χ0) is 13.2. The van der Waals surface area contributed by atoms with Gasteiger partial charge in [0.05, 0.1) is 5.54 Å². The summed E-state index contributed by atoms with van der Waals surface area (Å²) >= 11 is 0. The number of nitrogens with two attached hydrogens (primary N) is 1. The Morgan fingerprint density at radius 3 is 2.61 bits per heavy atom. The van der Waals surface area contributed by atoms with Gasteiger partial charge in [0.1, 0.15) is 0 Å². The number of likely N-dealkylation sites (tertiary alicyclic amines) is 2. The van der Waals surface area contributed by atoms with Gasteiger partial charge in [-0.05, 0) is 45.7 Å². The summed E-state index contributed by atoms with van der Waals surface area (Å²) in [6, 6.07) is 0.578. The largest absolute Gasteiger partial charge is 0.339 e. The van der Waals surface area contributed by atoms with Crippen molar-refractivity contribution in [3.05, 3.63) is 0 Å². The smallest absolute Gasteiger partial charge is 0.242 e. The van der Waals surface area contributed by atoms with Crippen molar-refractivity contribution in [3.63, 3.8) is 0 Å². The Labute approximate surface area is 110 Å². The minimum atomic E-state index is -0.672. The molecule has 0 radical (unpaired) electrons. The van der Waals surface area contributed by atoms with Crippen molar-refractivity contribution < 1.29 is 4.79 Å². The van der Waals surface area contributed by atoms with Crippen LogP contribution in [-0.4, -0.2) is 53.5 Å². The molecule has 0 aliphatic carbocycles. The van der Waals surface area contributed by atoms with Gasteiger partial charge in [0.25, 0.3) is 0 Å². The van der Waals surface area contributed by atoms with Crippen LogP contribution >= 0.6 is 0 Å². The van der Waals surface area contributed by atoms with Gasteiger partial charge in [0.15, 0.2) is 0 Å². The van der Waals surface area contributed by atoms with Gasteiger partial charge in [-0.2, -0.15) is 0 Å². The summed E-state index contributed by atoms with van der Waals surface area (Å²) in [5.74, 6) is 0.144. The van der Waals surface area contributed by atoms with E-state index in [0.29, 0.717) is 6.04 Å². The first kappa shape index (κ1) is 13.8.